The van der Waals surface area contributed by atoms with Crippen LogP contribution >= 0.6 is 11.3 Å². The van der Waals surface area contributed by atoms with Gasteiger partial charge in [0.2, 0.25) is 11.8 Å². The summed E-state index contributed by atoms with van der Waals surface area (Å²) in [5.41, 5.74) is 5.51. The number of halogens is 1. The van der Waals surface area contributed by atoms with Crippen LogP contribution in [-0.2, 0) is 45.2 Å². The summed E-state index contributed by atoms with van der Waals surface area (Å²) in [5.74, 6) is -1.80. The molecule has 3 saturated heterocycles. The second-order valence-electron chi connectivity index (χ2n) is 18.2. The van der Waals surface area contributed by atoms with Crippen LogP contribution in [0.15, 0.2) is 72.5 Å². The Morgan fingerprint density at radius 1 is 0.955 bits per heavy atom. The number of hydrogen-bond acceptors (Lipinski definition) is 12. The number of rotatable bonds is 9. The lowest BCUT2D eigenvalue weighted by molar-refractivity contribution is -0.138. The second-order valence-corrected chi connectivity index (χ2v) is 19.1. The van der Waals surface area contributed by atoms with Gasteiger partial charge in [-0.2, -0.15) is 0 Å². The zero-order valence-corrected chi connectivity index (χ0v) is 37.5. The van der Waals surface area contributed by atoms with Crippen LogP contribution in [0.2, 0.25) is 0 Å². The Morgan fingerprint density at radius 3 is 2.57 bits per heavy atom. The lowest BCUT2D eigenvalue weighted by atomic mass is 9.87. The van der Waals surface area contributed by atoms with E-state index in [1.165, 1.54) is 22.3 Å². The first-order valence-corrected chi connectivity index (χ1v) is 23.7. The maximum absolute atomic E-state index is 16.0. The maximum Gasteiger partial charge on any atom is 0.328 e. The van der Waals surface area contributed by atoms with Gasteiger partial charge < -0.3 is 34.0 Å². The molecule has 6 amide bonds. The number of thiazole rings is 1. The second kappa shape index (κ2) is 17.2. The van der Waals surface area contributed by atoms with Crippen LogP contribution in [0, 0.1) is 5.82 Å². The number of nitrogens with zero attached hydrogens (tertiary/aromatic N) is 8. The largest absolute Gasteiger partial charge is 0.389 e. The summed E-state index contributed by atoms with van der Waals surface area (Å²) in [5, 5.41) is 19.1. The Kier molecular flexibility index (Phi) is 11.0. The number of aryl methyl sites for hydroxylation is 1. The Bertz CT molecular complexity index is 2790. The molecule has 11 rings (SSSR count). The number of aromatic nitrogens is 3. The Hall–Kier alpha value is -6.70. The summed E-state index contributed by atoms with van der Waals surface area (Å²) in [4.78, 5) is 84.0. The molecular formula is C48H49FN10O7S. The molecular weight excluding hydrogens is 880 g/mol. The van der Waals surface area contributed by atoms with Crippen molar-refractivity contribution in [2.24, 2.45) is 0 Å². The Balaban J connectivity index is 0.714. The van der Waals surface area contributed by atoms with Gasteiger partial charge in [-0.05, 0) is 79.3 Å². The van der Waals surface area contributed by atoms with Gasteiger partial charge in [-0.3, -0.25) is 34.7 Å². The number of hydrogen-bond donors (Lipinski definition) is 3. The van der Waals surface area contributed by atoms with E-state index in [9.17, 15) is 29.1 Å². The molecule has 0 spiro atoms. The third-order valence-corrected chi connectivity index (χ3v) is 14.9. The molecule has 346 valence electrons. The minimum Gasteiger partial charge on any atom is -0.389 e. The summed E-state index contributed by atoms with van der Waals surface area (Å²) in [6, 6.07) is 15.0. The minimum atomic E-state index is -1.15. The molecule has 5 aromatic rings. The van der Waals surface area contributed by atoms with E-state index < -0.39 is 35.3 Å². The SMILES string of the molecule is O=C1CCN(c2ccc3c(c2)COC[C@H]2CN(C(=O)CC4(O)CCN(c5ccc(-c6cc(F)c7c(c6)C(=O)N(C(C(=O)Nc6nccs6)c6ncn8c6CCC8)C7)cc5)CC4)CCN32)C(=O)N1. The van der Waals surface area contributed by atoms with Crippen LogP contribution < -0.4 is 25.3 Å². The lowest BCUT2D eigenvalue weighted by Gasteiger charge is -2.44. The third-order valence-electron chi connectivity index (χ3n) is 14.2. The molecule has 3 fully saturated rings. The van der Waals surface area contributed by atoms with Crippen molar-refractivity contribution in [3.63, 3.8) is 0 Å². The van der Waals surface area contributed by atoms with E-state index in [4.69, 9.17) is 4.74 Å². The van der Waals surface area contributed by atoms with Crippen molar-refractivity contribution in [1.29, 1.82) is 0 Å². The quantitative estimate of drug-likeness (QED) is 0.184. The van der Waals surface area contributed by atoms with Crippen molar-refractivity contribution < 1.29 is 38.2 Å². The summed E-state index contributed by atoms with van der Waals surface area (Å²) in [7, 11) is 0. The molecule has 3 N–H and O–H groups in total. The number of nitrogens with one attached hydrogen (secondary N) is 2. The summed E-state index contributed by atoms with van der Waals surface area (Å²) in [6.07, 6.45) is 6.00. The predicted molar refractivity (Wildman–Crippen MR) is 246 cm³/mol. The lowest BCUT2D eigenvalue weighted by Crippen LogP contribution is -2.57. The number of amides is 6. The first kappa shape index (κ1) is 42.9. The number of benzene rings is 3. The van der Waals surface area contributed by atoms with Crippen LogP contribution in [0.3, 0.4) is 0 Å². The van der Waals surface area contributed by atoms with Crippen LogP contribution in [0.4, 0.5) is 31.4 Å². The Labute approximate surface area is 389 Å². The topological polar surface area (TPSA) is 186 Å². The van der Waals surface area contributed by atoms with Gasteiger partial charge in [0.15, 0.2) is 11.2 Å². The van der Waals surface area contributed by atoms with Gasteiger partial charge in [0.05, 0.1) is 49.8 Å². The first-order valence-electron chi connectivity index (χ1n) is 22.8. The molecule has 67 heavy (non-hydrogen) atoms. The number of aliphatic hydroxyl groups is 1. The third kappa shape index (κ3) is 8.07. The Morgan fingerprint density at radius 2 is 1.78 bits per heavy atom. The molecule has 0 aliphatic carbocycles. The van der Waals surface area contributed by atoms with Crippen molar-refractivity contribution in [2.45, 2.75) is 75.9 Å². The fourth-order valence-electron chi connectivity index (χ4n) is 10.6. The van der Waals surface area contributed by atoms with E-state index in [-0.39, 0.29) is 48.4 Å². The van der Waals surface area contributed by atoms with E-state index in [2.05, 4.69) is 30.4 Å². The predicted octanol–water partition coefficient (Wildman–Crippen LogP) is 4.84. The van der Waals surface area contributed by atoms with Crippen molar-refractivity contribution in [2.75, 3.05) is 65.9 Å². The van der Waals surface area contributed by atoms with Crippen LogP contribution in [0.25, 0.3) is 11.1 Å². The fraction of sp³-hybridized carbons (Fsp3) is 0.396. The molecule has 6 aliphatic rings. The molecule has 0 bridgehead atoms. The number of fused-ring (bicyclic) bond motifs is 5. The smallest absolute Gasteiger partial charge is 0.328 e. The van der Waals surface area contributed by atoms with Gasteiger partial charge in [-0.25, -0.2) is 19.2 Å². The summed E-state index contributed by atoms with van der Waals surface area (Å²) in [6.45, 7) is 4.44. The number of imide groups is 1. The van der Waals surface area contributed by atoms with E-state index in [1.54, 1.807) is 28.9 Å². The highest BCUT2D eigenvalue weighted by Gasteiger charge is 2.43. The zero-order valence-electron chi connectivity index (χ0n) is 36.7. The number of carbonyl (C=O) groups is 5. The molecule has 6 aliphatic heterocycles. The molecule has 8 heterocycles. The molecule has 0 saturated carbocycles. The molecule has 17 nitrogen and oxygen atoms in total. The van der Waals surface area contributed by atoms with Crippen molar-refractivity contribution in [3.05, 3.63) is 106 Å². The van der Waals surface area contributed by atoms with E-state index in [1.807, 2.05) is 51.9 Å². The summed E-state index contributed by atoms with van der Waals surface area (Å²) >= 11 is 1.27. The minimum absolute atomic E-state index is 0.0232. The number of urea groups is 1. The first-order chi connectivity index (χ1) is 32.5. The molecule has 2 atom stereocenters. The van der Waals surface area contributed by atoms with Crippen molar-refractivity contribution in [3.8, 4) is 11.1 Å². The van der Waals surface area contributed by atoms with E-state index in [0.717, 1.165) is 47.6 Å². The fourth-order valence-corrected chi connectivity index (χ4v) is 11.1. The van der Waals surface area contributed by atoms with Gasteiger partial charge in [0, 0.05) is 103 Å². The molecule has 1 unspecified atom stereocenters. The normalized spacial score (nSPS) is 20.5. The van der Waals surface area contributed by atoms with Crippen molar-refractivity contribution >= 4 is 63.2 Å². The number of piperidine rings is 1. The monoisotopic (exact) mass is 928 g/mol. The highest BCUT2D eigenvalue weighted by Crippen LogP contribution is 2.39. The molecule has 19 heteroatoms. The van der Waals surface area contributed by atoms with Crippen LogP contribution in [-0.4, -0.2) is 117 Å². The van der Waals surface area contributed by atoms with Crippen LogP contribution in [0.5, 0.6) is 0 Å². The molecule has 0 radical (unpaired) electrons. The highest BCUT2D eigenvalue weighted by atomic mass is 32.1. The van der Waals surface area contributed by atoms with Gasteiger partial charge in [-0.15, -0.1) is 11.3 Å². The average molecular weight is 929 g/mol. The zero-order chi connectivity index (χ0) is 46.0. The number of anilines is 4. The van der Waals surface area contributed by atoms with Gasteiger partial charge >= 0.3 is 6.03 Å². The number of piperazine rings is 1. The van der Waals surface area contributed by atoms with Gasteiger partial charge in [0.25, 0.3) is 11.8 Å². The molecule has 2 aromatic heterocycles. The van der Waals surface area contributed by atoms with Crippen LogP contribution in [0.1, 0.15) is 71.0 Å². The highest BCUT2D eigenvalue weighted by molar-refractivity contribution is 7.13. The number of carbonyl (C=O) groups excluding carboxylic acids is 5. The molecule has 3 aromatic carbocycles. The summed E-state index contributed by atoms with van der Waals surface area (Å²) < 4.78 is 24.1. The van der Waals surface area contributed by atoms with Crippen molar-refractivity contribution in [1.82, 2.24) is 29.7 Å². The van der Waals surface area contributed by atoms with Gasteiger partial charge in [-0.1, -0.05) is 12.1 Å². The standard InChI is InChI=1S/C48H49FN10O7S/c49-37-22-30(21-35-36(37)25-59(45(35)63)43(44(62)53-46-50-12-19-67-46)42-39-2-1-13-56(39)28-51-42)29-3-5-32(6-4-29)54-15-10-48(65,11-16-54)23-41(61)55-17-18-57-34(24-55)27-66-26-31-20-33(7-8-38(31)57)58-14-9-40(60)52-47(58)64/h3-8,12,19-22,28,34,43,65H,1-2,9-11,13-18,23-27H2,(H,50,53,62)(H,52,60,64)/t34-,43?/m1/s1. The number of imidazole rings is 1. The average Bonchev–Trinajstić information content (AvgIpc) is 4.13. The van der Waals surface area contributed by atoms with E-state index >= 15 is 4.39 Å². The van der Waals surface area contributed by atoms with E-state index in [0.29, 0.717) is 87.4 Å². The van der Waals surface area contributed by atoms with Gasteiger partial charge in [0.1, 0.15) is 5.82 Å². The maximum atomic E-state index is 16.0. The number of ether oxygens (including phenoxy) is 1.